The predicted octanol–water partition coefficient (Wildman–Crippen LogP) is 1.28. The van der Waals surface area contributed by atoms with Gasteiger partial charge in [0.1, 0.15) is 0 Å². The molecule has 15 heavy (non-hydrogen) atoms. The number of nitrogens with two attached hydrogens (primary N) is 1. The molecule has 1 aromatic rings. The van der Waals surface area contributed by atoms with Crippen LogP contribution in [-0.4, -0.2) is 22.2 Å². The van der Waals surface area contributed by atoms with E-state index in [-0.39, 0.29) is 24.3 Å². The Balaban J connectivity index is 3.17. The van der Waals surface area contributed by atoms with Crippen molar-refractivity contribution < 1.29 is 9.72 Å². The van der Waals surface area contributed by atoms with Gasteiger partial charge >= 0.3 is 0 Å². The van der Waals surface area contributed by atoms with Gasteiger partial charge < -0.3 is 5.73 Å². The molecule has 0 bridgehead atoms. The number of hydrogen-bond acceptors (Lipinski definition) is 5. The summed E-state index contributed by atoms with van der Waals surface area (Å²) < 4.78 is 0.457. The summed E-state index contributed by atoms with van der Waals surface area (Å²) in [5.74, 6) is -0.420. The largest absolute Gasteiger partial charge is 0.330 e. The lowest BCUT2D eigenvalue weighted by Crippen LogP contribution is -2.11. The number of hydrogen-bond donors (Lipinski definition) is 1. The highest BCUT2D eigenvalue weighted by Crippen LogP contribution is 2.21. The van der Waals surface area contributed by atoms with E-state index in [9.17, 15) is 14.9 Å². The van der Waals surface area contributed by atoms with Crippen molar-refractivity contribution in [2.75, 3.05) is 6.54 Å². The fourth-order valence-corrected chi connectivity index (χ4v) is 1.35. The molecular weight excluding hydrogens is 266 g/mol. The quantitative estimate of drug-likeness (QED) is 0.506. The average Bonchev–Trinajstić information content (AvgIpc) is 2.17. The van der Waals surface area contributed by atoms with E-state index in [4.69, 9.17) is 5.73 Å². The maximum atomic E-state index is 11.4. The minimum absolute atomic E-state index is 0.0511. The molecule has 1 rings (SSSR count). The SMILES string of the molecule is NCCC(=O)c1ncc(Br)cc1[N+](=O)[O-]. The van der Waals surface area contributed by atoms with Crippen molar-refractivity contribution in [2.24, 2.45) is 5.73 Å². The van der Waals surface area contributed by atoms with Crippen molar-refractivity contribution in [2.45, 2.75) is 6.42 Å². The Morgan fingerprint density at radius 2 is 2.33 bits per heavy atom. The standard InChI is InChI=1S/C8H8BrN3O3/c9-5-3-6(12(14)15)8(11-4-5)7(13)1-2-10/h3-4H,1-2,10H2. The number of nitro groups is 1. The van der Waals surface area contributed by atoms with E-state index < -0.39 is 10.7 Å². The van der Waals surface area contributed by atoms with E-state index in [0.29, 0.717) is 4.47 Å². The van der Waals surface area contributed by atoms with E-state index in [2.05, 4.69) is 20.9 Å². The maximum Gasteiger partial charge on any atom is 0.299 e. The summed E-state index contributed by atoms with van der Waals surface area (Å²) in [4.78, 5) is 25.1. The van der Waals surface area contributed by atoms with E-state index in [0.717, 1.165) is 0 Å². The summed E-state index contributed by atoms with van der Waals surface area (Å²) in [6.07, 6.45) is 1.40. The van der Waals surface area contributed by atoms with Crippen molar-refractivity contribution >= 4 is 27.4 Å². The smallest absolute Gasteiger partial charge is 0.299 e. The van der Waals surface area contributed by atoms with Crippen LogP contribution in [0, 0.1) is 10.1 Å². The number of carbonyl (C=O) groups is 1. The van der Waals surface area contributed by atoms with Crippen LogP contribution >= 0.6 is 15.9 Å². The molecule has 0 amide bonds. The molecule has 7 heteroatoms. The van der Waals surface area contributed by atoms with Gasteiger partial charge in [0.05, 0.1) is 4.92 Å². The fourth-order valence-electron chi connectivity index (χ4n) is 1.03. The molecule has 0 fully saturated rings. The molecular formula is C8H8BrN3O3. The van der Waals surface area contributed by atoms with Crippen molar-refractivity contribution in [3.8, 4) is 0 Å². The molecule has 2 N–H and O–H groups in total. The van der Waals surface area contributed by atoms with E-state index in [1.807, 2.05) is 0 Å². The van der Waals surface area contributed by atoms with Crippen LogP contribution in [0.3, 0.4) is 0 Å². The Morgan fingerprint density at radius 1 is 1.67 bits per heavy atom. The zero-order valence-corrected chi connectivity index (χ0v) is 9.23. The third-order valence-corrected chi connectivity index (χ3v) is 2.10. The van der Waals surface area contributed by atoms with Crippen LogP contribution in [0.2, 0.25) is 0 Å². The fraction of sp³-hybridized carbons (Fsp3) is 0.250. The second-order valence-electron chi connectivity index (χ2n) is 2.74. The topological polar surface area (TPSA) is 99.1 Å². The monoisotopic (exact) mass is 273 g/mol. The number of Topliss-reactive ketones (excluding diaryl/α,β-unsaturated/α-hetero) is 1. The Kier molecular flexibility index (Phi) is 3.87. The Hall–Kier alpha value is -1.34. The van der Waals surface area contributed by atoms with Gasteiger partial charge in [-0.05, 0) is 22.5 Å². The minimum atomic E-state index is -0.637. The molecule has 6 nitrogen and oxygen atoms in total. The normalized spacial score (nSPS) is 10.0. The molecule has 1 heterocycles. The summed E-state index contributed by atoms with van der Waals surface area (Å²) in [5, 5.41) is 10.6. The van der Waals surface area contributed by atoms with Crippen LogP contribution in [-0.2, 0) is 0 Å². The third kappa shape index (κ3) is 2.80. The van der Waals surface area contributed by atoms with Crippen LogP contribution < -0.4 is 5.73 Å². The Bertz CT molecular complexity index is 408. The summed E-state index contributed by atoms with van der Waals surface area (Å²) in [5.41, 5.74) is 4.75. The zero-order valence-electron chi connectivity index (χ0n) is 7.64. The van der Waals surface area contributed by atoms with Gasteiger partial charge in [-0.1, -0.05) is 0 Å². The highest BCUT2D eigenvalue weighted by atomic mass is 79.9. The third-order valence-electron chi connectivity index (χ3n) is 1.67. The average molecular weight is 274 g/mol. The van der Waals surface area contributed by atoms with Gasteiger partial charge in [0, 0.05) is 23.2 Å². The van der Waals surface area contributed by atoms with Crippen LogP contribution in [0.1, 0.15) is 16.9 Å². The van der Waals surface area contributed by atoms with Crippen LogP contribution in [0.4, 0.5) is 5.69 Å². The van der Waals surface area contributed by atoms with Crippen LogP contribution in [0.25, 0.3) is 0 Å². The number of ketones is 1. The Labute approximate surface area is 93.8 Å². The Morgan fingerprint density at radius 3 is 2.87 bits per heavy atom. The van der Waals surface area contributed by atoms with Crippen molar-refractivity contribution in [3.05, 3.63) is 32.5 Å². The first-order valence-corrected chi connectivity index (χ1v) is 4.88. The van der Waals surface area contributed by atoms with Crippen LogP contribution in [0.5, 0.6) is 0 Å². The number of pyridine rings is 1. The number of aromatic nitrogens is 1. The molecule has 0 aliphatic rings. The summed E-state index contributed by atoms with van der Waals surface area (Å²) >= 11 is 3.05. The highest BCUT2D eigenvalue weighted by molar-refractivity contribution is 9.10. The molecule has 0 saturated heterocycles. The van der Waals surface area contributed by atoms with Crippen molar-refractivity contribution in [1.29, 1.82) is 0 Å². The van der Waals surface area contributed by atoms with Gasteiger partial charge in [-0.3, -0.25) is 14.9 Å². The number of halogens is 1. The second-order valence-corrected chi connectivity index (χ2v) is 3.66. The summed E-state index contributed by atoms with van der Waals surface area (Å²) in [7, 11) is 0. The van der Waals surface area contributed by atoms with E-state index >= 15 is 0 Å². The van der Waals surface area contributed by atoms with E-state index in [1.165, 1.54) is 12.3 Å². The lowest BCUT2D eigenvalue weighted by Gasteiger charge is -2.00. The van der Waals surface area contributed by atoms with Gasteiger partial charge in [0.15, 0.2) is 11.5 Å². The molecule has 0 aliphatic carbocycles. The molecule has 0 aliphatic heterocycles. The lowest BCUT2D eigenvalue weighted by atomic mass is 10.1. The molecule has 0 spiro atoms. The first-order chi connectivity index (χ1) is 7.06. The zero-order chi connectivity index (χ0) is 11.4. The molecule has 80 valence electrons. The van der Waals surface area contributed by atoms with Gasteiger partial charge in [-0.15, -0.1) is 0 Å². The maximum absolute atomic E-state index is 11.4. The first-order valence-electron chi connectivity index (χ1n) is 4.09. The molecule has 0 unspecified atom stereocenters. The summed E-state index contributed by atoms with van der Waals surface area (Å²) in [6, 6.07) is 1.25. The number of rotatable bonds is 4. The van der Waals surface area contributed by atoms with Crippen molar-refractivity contribution in [3.63, 3.8) is 0 Å². The molecule has 0 aromatic carbocycles. The molecule has 0 saturated carbocycles. The highest BCUT2D eigenvalue weighted by Gasteiger charge is 2.21. The first kappa shape index (κ1) is 11.7. The molecule has 0 radical (unpaired) electrons. The summed E-state index contributed by atoms with van der Waals surface area (Å²) in [6.45, 7) is 0.147. The lowest BCUT2D eigenvalue weighted by molar-refractivity contribution is -0.385. The van der Waals surface area contributed by atoms with Crippen molar-refractivity contribution in [1.82, 2.24) is 4.98 Å². The van der Waals surface area contributed by atoms with Gasteiger partial charge in [-0.2, -0.15) is 0 Å². The molecule has 0 atom stereocenters. The minimum Gasteiger partial charge on any atom is -0.330 e. The molecule has 1 aromatic heterocycles. The van der Waals surface area contributed by atoms with Gasteiger partial charge in [-0.25, -0.2) is 4.98 Å². The number of carbonyl (C=O) groups excluding carboxylic acids is 1. The number of nitrogens with zero attached hydrogens (tertiary/aromatic N) is 2. The van der Waals surface area contributed by atoms with Crippen LogP contribution in [0.15, 0.2) is 16.7 Å². The van der Waals surface area contributed by atoms with E-state index in [1.54, 1.807) is 0 Å². The van der Waals surface area contributed by atoms with Gasteiger partial charge in [0.25, 0.3) is 5.69 Å². The predicted molar refractivity (Wildman–Crippen MR) is 56.6 cm³/mol. The van der Waals surface area contributed by atoms with Gasteiger partial charge in [0.2, 0.25) is 0 Å². The second kappa shape index (κ2) is 4.94.